The molecule has 0 fully saturated rings. The topological polar surface area (TPSA) is 91.3 Å². The average molecular weight is 284 g/mol. The molecule has 0 radical (unpaired) electrons. The molecule has 0 spiro atoms. The number of amides is 1. The van der Waals surface area contributed by atoms with Crippen molar-refractivity contribution in [3.8, 4) is 11.5 Å². The van der Waals surface area contributed by atoms with Gasteiger partial charge in [0.2, 0.25) is 0 Å². The largest absolute Gasteiger partial charge is 0.497 e. The van der Waals surface area contributed by atoms with Crippen LogP contribution in [0.1, 0.15) is 12.5 Å². The molecule has 1 atom stereocenters. The SMILES string of the molecule is COc1ccc(CNN(CC(C)O)C(=O)O)c(OC)c1. The number of methoxy groups -OCH3 is 2. The second-order valence-corrected chi connectivity index (χ2v) is 4.25. The second kappa shape index (κ2) is 7.56. The minimum absolute atomic E-state index is 0.0200. The van der Waals surface area contributed by atoms with Crippen LogP contribution in [0.5, 0.6) is 11.5 Å². The van der Waals surface area contributed by atoms with Crippen LogP contribution in [0, 0.1) is 0 Å². The zero-order chi connectivity index (χ0) is 15.1. The first-order valence-electron chi connectivity index (χ1n) is 6.10. The Balaban J connectivity index is 2.74. The Morgan fingerprint density at radius 2 is 2.10 bits per heavy atom. The number of aliphatic hydroxyl groups is 1. The standard InChI is InChI=1S/C13H20N2O5/c1-9(16)8-15(13(17)18)14-7-10-4-5-11(19-2)6-12(10)20-3/h4-6,9,14,16H,7-8H2,1-3H3,(H,17,18). The third-order valence-corrected chi connectivity index (χ3v) is 2.63. The van der Waals surface area contributed by atoms with E-state index in [0.717, 1.165) is 10.6 Å². The molecule has 0 aliphatic heterocycles. The van der Waals surface area contributed by atoms with E-state index in [4.69, 9.17) is 14.6 Å². The first-order valence-corrected chi connectivity index (χ1v) is 6.10. The summed E-state index contributed by atoms with van der Waals surface area (Å²) in [6.45, 7) is 1.76. The van der Waals surface area contributed by atoms with Crippen LogP contribution < -0.4 is 14.9 Å². The molecule has 0 saturated carbocycles. The van der Waals surface area contributed by atoms with Gasteiger partial charge in [0.1, 0.15) is 11.5 Å². The third-order valence-electron chi connectivity index (χ3n) is 2.63. The van der Waals surface area contributed by atoms with Gasteiger partial charge in [0, 0.05) is 18.2 Å². The van der Waals surface area contributed by atoms with Crippen LogP contribution in [0.4, 0.5) is 4.79 Å². The van der Waals surface area contributed by atoms with Crippen LogP contribution in [0.3, 0.4) is 0 Å². The van der Waals surface area contributed by atoms with Gasteiger partial charge in [-0.05, 0) is 13.0 Å². The van der Waals surface area contributed by atoms with Gasteiger partial charge in [0.25, 0.3) is 0 Å². The maximum absolute atomic E-state index is 11.0. The van der Waals surface area contributed by atoms with Crippen molar-refractivity contribution < 1.29 is 24.5 Å². The van der Waals surface area contributed by atoms with E-state index in [1.54, 1.807) is 25.3 Å². The van der Waals surface area contributed by atoms with Crippen LogP contribution in [-0.2, 0) is 6.54 Å². The Labute approximate surface area is 117 Å². The number of hydrazine groups is 1. The van der Waals surface area contributed by atoms with Crippen molar-refractivity contribution in [1.82, 2.24) is 10.4 Å². The number of rotatable bonds is 7. The first kappa shape index (κ1) is 16.1. The smallest absolute Gasteiger partial charge is 0.421 e. The maximum atomic E-state index is 11.0. The highest BCUT2D eigenvalue weighted by Crippen LogP contribution is 2.24. The Kier molecular flexibility index (Phi) is 6.08. The number of aliphatic hydroxyl groups excluding tert-OH is 1. The number of nitrogens with zero attached hydrogens (tertiary/aromatic N) is 1. The summed E-state index contributed by atoms with van der Waals surface area (Å²) in [5, 5.41) is 19.2. The highest BCUT2D eigenvalue weighted by molar-refractivity contribution is 5.64. The van der Waals surface area contributed by atoms with Gasteiger partial charge in [-0.3, -0.25) is 0 Å². The van der Waals surface area contributed by atoms with Crippen LogP contribution in [0.2, 0.25) is 0 Å². The predicted molar refractivity (Wildman–Crippen MR) is 72.8 cm³/mol. The summed E-state index contributed by atoms with van der Waals surface area (Å²) in [6.07, 6.45) is -1.91. The van der Waals surface area contributed by atoms with E-state index < -0.39 is 12.2 Å². The molecule has 7 nitrogen and oxygen atoms in total. The maximum Gasteiger partial charge on any atom is 0.421 e. The number of hydrogen-bond acceptors (Lipinski definition) is 5. The van der Waals surface area contributed by atoms with Crippen LogP contribution in [0.15, 0.2) is 18.2 Å². The highest BCUT2D eigenvalue weighted by Gasteiger charge is 2.14. The molecule has 1 aromatic carbocycles. The molecule has 1 rings (SSSR count). The quantitative estimate of drug-likeness (QED) is 0.649. The van der Waals surface area contributed by atoms with E-state index in [1.165, 1.54) is 14.0 Å². The van der Waals surface area contributed by atoms with Crippen molar-refractivity contribution in [2.24, 2.45) is 0 Å². The molecule has 0 bridgehead atoms. The molecule has 112 valence electrons. The van der Waals surface area contributed by atoms with E-state index in [1.807, 2.05) is 0 Å². The Morgan fingerprint density at radius 3 is 2.60 bits per heavy atom. The number of carboxylic acid groups (broad SMARTS) is 1. The van der Waals surface area contributed by atoms with Crippen LogP contribution >= 0.6 is 0 Å². The summed E-state index contributed by atoms with van der Waals surface area (Å²) in [5.74, 6) is 1.25. The van der Waals surface area contributed by atoms with Gasteiger partial charge in [-0.1, -0.05) is 6.07 Å². The fourth-order valence-corrected chi connectivity index (χ4v) is 1.65. The summed E-state index contributed by atoms with van der Waals surface area (Å²) < 4.78 is 10.3. The number of hydrogen-bond donors (Lipinski definition) is 3. The minimum Gasteiger partial charge on any atom is -0.497 e. The zero-order valence-electron chi connectivity index (χ0n) is 11.8. The number of carbonyl (C=O) groups is 1. The lowest BCUT2D eigenvalue weighted by atomic mass is 10.2. The molecule has 0 aromatic heterocycles. The summed E-state index contributed by atoms with van der Waals surface area (Å²) in [7, 11) is 3.09. The third kappa shape index (κ3) is 4.60. The molecule has 1 amide bonds. The van der Waals surface area contributed by atoms with E-state index in [-0.39, 0.29) is 13.1 Å². The molecule has 0 aliphatic rings. The van der Waals surface area contributed by atoms with E-state index >= 15 is 0 Å². The van der Waals surface area contributed by atoms with Gasteiger partial charge < -0.3 is 19.7 Å². The van der Waals surface area contributed by atoms with Gasteiger partial charge in [-0.15, -0.1) is 0 Å². The van der Waals surface area contributed by atoms with Crippen molar-refractivity contribution in [2.75, 3.05) is 20.8 Å². The number of nitrogens with one attached hydrogen (secondary N) is 1. The molecule has 0 aliphatic carbocycles. The molecular weight excluding hydrogens is 264 g/mol. The van der Waals surface area contributed by atoms with Gasteiger partial charge in [-0.2, -0.15) is 0 Å². The van der Waals surface area contributed by atoms with Gasteiger partial charge >= 0.3 is 6.09 Å². The van der Waals surface area contributed by atoms with Gasteiger partial charge in [-0.25, -0.2) is 15.2 Å². The summed E-state index contributed by atoms with van der Waals surface area (Å²) in [4.78, 5) is 11.0. The first-order chi connectivity index (χ1) is 9.47. The van der Waals surface area contributed by atoms with E-state index in [9.17, 15) is 9.90 Å². The zero-order valence-corrected chi connectivity index (χ0v) is 11.8. The van der Waals surface area contributed by atoms with E-state index in [0.29, 0.717) is 11.5 Å². The van der Waals surface area contributed by atoms with Crippen molar-refractivity contribution >= 4 is 6.09 Å². The lowest BCUT2D eigenvalue weighted by Gasteiger charge is -2.22. The highest BCUT2D eigenvalue weighted by atomic mass is 16.5. The van der Waals surface area contributed by atoms with Crippen molar-refractivity contribution in [1.29, 1.82) is 0 Å². The molecule has 3 N–H and O–H groups in total. The predicted octanol–water partition coefficient (Wildman–Crippen LogP) is 1.07. The molecule has 20 heavy (non-hydrogen) atoms. The number of benzene rings is 1. The molecule has 0 heterocycles. The molecule has 1 unspecified atom stereocenters. The average Bonchev–Trinajstić information content (AvgIpc) is 2.42. The molecular formula is C13H20N2O5. The summed E-state index contributed by atoms with van der Waals surface area (Å²) in [5.41, 5.74) is 3.51. The molecule has 7 heteroatoms. The van der Waals surface area contributed by atoms with Crippen LogP contribution in [0.25, 0.3) is 0 Å². The van der Waals surface area contributed by atoms with Crippen molar-refractivity contribution in [2.45, 2.75) is 19.6 Å². The summed E-state index contributed by atoms with van der Waals surface area (Å²) in [6, 6.07) is 5.27. The second-order valence-electron chi connectivity index (χ2n) is 4.25. The monoisotopic (exact) mass is 284 g/mol. The molecule has 1 aromatic rings. The number of ether oxygens (including phenoxy) is 2. The minimum atomic E-state index is -1.15. The summed E-state index contributed by atoms with van der Waals surface area (Å²) >= 11 is 0. The Bertz CT molecular complexity index is 450. The van der Waals surface area contributed by atoms with Crippen LogP contribution in [-0.4, -0.2) is 48.2 Å². The molecule has 0 saturated heterocycles. The van der Waals surface area contributed by atoms with Gasteiger partial charge in [0.05, 0.1) is 26.9 Å². The lowest BCUT2D eigenvalue weighted by molar-refractivity contribution is 0.0779. The fourth-order valence-electron chi connectivity index (χ4n) is 1.65. The Morgan fingerprint density at radius 1 is 1.40 bits per heavy atom. The van der Waals surface area contributed by atoms with Crippen molar-refractivity contribution in [3.63, 3.8) is 0 Å². The van der Waals surface area contributed by atoms with Gasteiger partial charge in [0.15, 0.2) is 0 Å². The van der Waals surface area contributed by atoms with Crippen molar-refractivity contribution in [3.05, 3.63) is 23.8 Å². The lowest BCUT2D eigenvalue weighted by Crippen LogP contribution is -2.45. The van der Waals surface area contributed by atoms with E-state index in [2.05, 4.69) is 5.43 Å². The normalized spacial score (nSPS) is 11.8. The fraction of sp³-hybridized carbons (Fsp3) is 0.462. The Hall–Kier alpha value is -1.99.